The normalized spacial score (nSPS) is 13.5. The van der Waals surface area contributed by atoms with Gasteiger partial charge in [0, 0.05) is 0 Å². The molecule has 3 aromatic carbocycles. The lowest BCUT2D eigenvalue weighted by Crippen LogP contribution is -2.33. The molecule has 0 fully saturated rings. The smallest absolute Gasteiger partial charge is 0.282 e. The van der Waals surface area contributed by atoms with Crippen LogP contribution >= 0.6 is 0 Å². The summed E-state index contributed by atoms with van der Waals surface area (Å²) in [7, 11) is 1.56. The number of amides is 2. The minimum atomic E-state index is -0.411. The number of ether oxygens (including phenoxy) is 2. The van der Waals surface area contributed by atoms with Gasteiger partial charge in [0.1, 0.15) is 17.2 Å². The molecule has 0 radical (unpaired) electrons. The molecule has 0 unspecified atom stereocenters. The number of methoxy groups -OCH3 is 1. The second-order valence-electron chi connectivity index (χ2n) is 8.11. The van der Waals surface area contributed by atoms with Crippen molar-refractivity contribution in [3.05, 3.63) is 89.1 Å². The molecule has 0 saturated carbocycles. The van der Waals surface area contributed by atoms with Crippen LogP contribution in [0.5, 0.6) is 11.5 Å². The number of rotatable bonds is 8. The number of anilines is 2. The Kier molecular flexibility index (Phi) is 6.68. The van der Waals surface area contributed by atoms with Gasteiger partial charge >= 0.3 is 0 Å². The molecule has 0 atom stereocenters. The summed E-state index contributed by atoms with van der Waals surface area (Å²) in [5, 5.41) is 3.18. The van der Waals surface area contributed by atoms with Gasteiger partial charge in [0.2, 0.25) is 0 Å². The van der Waals surface area contributed by atoms with Crippen molar-refractivity contribution in [1.29, 1.82) is 0 Å². The van der Waals surface area contributed by atoms with E-state index < -0.39 is 5.91 Å². The van der Waals surface area contributed by atoms with Crippen LogP contribution in [0.4, 0.5) is 11.4 Å². The first-order chi connectivity index (χ1) is 16.5. The van der Waals surface area contributed by atoms with Crippen molar-refractivity contribution in [2.24, 2.45) is 0 Å². The van der Waals surface area contributed by atoms with E-state index in [9.17, 15) is 9.59 Å². The van der Waals surface area contributed by atoms with Gasteiger partial charge < -0.3 is 14.8 Å². The third kappa shape index (κ3) is 4.27. The van der Waals surface area contributed by atoms with Crippen molar-refractivity contribution in [2.45, 2.75) is 27.2 Å². The highest BCUT2D eigenvalue weighted by Crippen LogP contribution is 2.37. The molecule has 0 bridgehead atoms. The Hall–Kier alpha value is -4.06. The molecule has 4 rings (SSSR count). The number of carbonyl (C=O) groups excluding carboxylic acids is 2. The monoisotopic (exact) mass is 456 g/mol. The molecule has 1 heterocycles. The quantitative estimate of drug-likeness (QED) is 0.454. The van der Waals surface area contributed by atoms with E-state index in [0.717, 1.165) is 17.5 Å². The molecule has 174 valence electrons. The third-order valence-corrected chi connectivity index (χ3v) is 5.88. The van der Waals surface area contributed by atoms with Crippen molar-refractivity contribution in [3.8, 4) is 11.5 Å². The number of benzene rings is 3. The number of hydrogen-bond acceptors (Lipinski definition) is 5. The highest BCUT2D eigenvalue weighted by atomic mass is 16.5. The highest BCUT2D eigenvalue weighted by Gasteiger charge is 2.41. The second kappa shape index (κ2) is 9.83. The van der Waals surface area contributed by atoms with E-state index in [2.05, 4.69) is 5.32 Å². The van der Waals surface area contributed by atoms with E-state index in [4.69, 9.17) is 9.47 Å². The first-order valence-electron chi connectivity index (χ1n) is 11.3. The molecule has 1 N–H and O–H groups in total. The molecule has 0 spiro atoms. The van der Waals surface area contributed by atoms with Gasteiger partial charge in [-0.15, -0.1) is 0 Å². The third-order valence-electron chi connectivity index (χ3n) is 5.88. The molecule has 6 nitrogen and oxygen atoms in total. The fraction of sp³-hybridized carbons (Fsp3) is 0.214. The van der Waals surface area contributed by atoms with Crippen LogP contribution in [0.3, 0.4) is 0 Å². The second-order valence-corrected chi connectivity index (χ2v) is 8.11. The van der Waals surface area contributed by atoms with Gasteiger partial charge in [-0.05, 0) is 67.3 Å². The average molecular weight is 457 g/mol. The van der Waals surface area contributed by atoms with Crippen molar-refractivity contribution >= 4 is 28.8 Å². The van der Waals surface area contributed by atoms with Gasteiger partial charge in [0.15, 0.2) is 0 Å². The largest absolute Gasteiger partial charge is 0.495 e. The first kappa shape index (κ1) is 23.1. The number of nitrogens with zero attached hydrogens (tertiary/aromatic N) is 1. The first-order valence-corrected chi connectivity index (χ1v) is 11.3. The maximum absolute atomic E-state index is 13.7. The zero-order valence-corrected chi connectivity index (χ0v) is 19.8. The summed E-state index contributed by atoms with van der Waals surface area (Å²) in [5.41, 5.74) is 4.20. The highest BCUT2D eigenvalue weighted by molar-refractivity contribution is 6.46. The molecule has 2 amide bonds. The van der Waals surface area contributed by atoms with Crippen LogP contribution < -0.4 is 19.7 Å². The summed E-state index contributed by atoms with van der Waals surface area (Å²) in [6.07, 6.45) is 0.900. The van der Waals surface area contributed by atoms with E-state index in [0.29, 0.717) is 40.6 Å². The molecule has 1 aliphatic heterocycles. The topological polar surface area (TPSA) is 67.9 Å². The van der Waals surface area contributed by atoms with Gasteiger partial charge in [0.05, 0.1) is 30.7 Å². The van der Waals surface area contributed by atoms with Crippen molar-refractivity contribution in [3.63, 3.8) is 0 Å². The Morgan fingerprint density at radius 2 is 1.62 bits per heavy atom. The summed E-state index contributed by atoms with van der Waals surface area (Å²) >= 11 is 0. The van der Waals surface area contributed by atoms with Gasteiger partial charge in [-0.25, -0.2) is 4.90 Å². The number of hydrogen-bond donors (Lipinski definition) is 1. The van der Waals surface area contributed by atoms with Gasteiger partial charge in [-0.1, -0.05) is 43.3 Å². The zero-order valence-electron chi connectivity index (χ0n) is 19.8. The van der Waals surface area contributed by atoms with Crippen LogP contribution in [-0.4, -0.2) is 25.5 Å². The molecule has 1 aliphatic rings. The van der Waals surface area contributed by atoms with Crippen molar-refractivity contribution in [2.75, 3.05) is 23.9 Å². The Morgan fingerprint density at radius 3 is 2.32 bits per heavy atom. The van der Waals surface area contributed by atoms with Crippen LogP contribution in [0.15, 0.2) is 72.4 Å². The van der Waals surface area contributed by atoms with Gasteiger partial charge in [0.25, 0.3) is 11.8 Å². The molecular weight excluding hydrogens is 428 g/mol. The molecule has 0 aromatic heterocycles. The average Bonchev–Trinajstić information content (AvgIpc) is 3.09. The summed E-state index contributed by atoms with van der Waals surface area (Å²) in [4.78, 5) is 28.7. The maximum atomic E-state index is 13.7. The van der Waals surface area contributed by atoms with Gasteiger partial charge in [-0.3, -0.25) is 9.59 Å². The Bertz CT molecular complexity index is 1260. The Balaban J connectivity index is 1.81. The molecule has 34 heavy (non-hydrogen) atoms. The van der Waals surface area contributed by atoms with E-state index >= 15 is 0 Å². The Morgan fingerprint density at radius 1 is 0.882 bits per heavy atom. The van der Waals surface area contributed by atoms with Crippen LogP contribution in [0.25, 0.3) is 5.57 Å². The van der Waals surface area contributed by atoms with Crippen LogP contribution in [0.1, 0.15) is 30.0 Å². The van der Waals surface area contributed by atoms with Crippen molar-refractivity contribution < 1.29 is 19.1 Å². The van der Waals surface area contributed by atoms with E-state index in [-0.39, 0.29) is 11.6 Å². The minimum Gasteiger partial charge on any atom is -0.495 e. The summed E-state index contributed by atoms with van der Waals surface area (Å²) in [5.74, 6) is 0.501. The predicted octanol–water partition coefficient (Wildman–Crippen LogP) is 5.50. The zero-order chi connectivity index (χ0) is 24.2. The number of carbonyl (C=O) groups is 2. The van der Waals surface area contributed by atoms with Crippen LogP contribution in [0.2, 0.25) is 0 Å². The molecule has 3 aromatic rings. The fourth-order valence-electron chi connectivity index (χ4n) is 3.93. The van der Waals surface area contributed by atoms with E-state index in [1.165, 1.54) is 4.90 Å². The number of nitrogens with one attached hydrogen (secondary N) is 1. The molecule has 0 saturated heterocycles. The molecule has 6 heteroatoms. The Labute approximate surface area is 199 Å². The summed E-state index contributed by atoms with van der Waals surface area (Å²) < 4.78 is 11.1. The maximum Gasteiger partial charge on any atom is 0.282 e. The van der Waals surface area contributed by atoms with E-state index in [1.54, 1.807) is 19.2 Å². The van der Waals surface area contributed by atoms with Crippen molar-refractivity contribution in [1.82, 2.24) is 0 Å². The summed E-state index contributed by atoms with van der Waals surface area (Å²) in [6.45, 7) is 6.53. The summed E-state index contributed by atoms with van der Waals surface area (Å²) in [6, 6.07) is 20.1. The standard InChI is InChI=1S/C28H28N2O4/c1-5-17-34-21-15-13-20(14-16-21)25-26(29-22-10-6-7-12-24(22)33-4)28(32)30(27(25)31)23-11-8-9-18(2)19(23)3/h6-16,29H,5,17H2,1-4H3. The minimum absolute atomic E-state index is 0.206. The number of para-hydroxylation sites is 2. The van der Waals surface area contributed by atoms with Crippen LogP contribution in [0, 0.1) is 13.8 Å². The van der Waals surface area contributed by atoms with Crippen LogP contribution in [-0.2, 0) is 9.59 Å². The lowest BCUT2D eigenvalue weighted by molar-refractivity contribution is -0.120. The molecule has 0 aliphatic carbocycles. The number of imide groups is 1. The fourth-order valence-corrected chi connectivity index (χ4v) is 3.93. The van der Waals surface area contributed by atoms with Gasteiger partial charge in [-0.2, -0.15) is 0 Å². The lowest BCUT2D eigenvalue weighted by Gasteiger charge is -2.19. The lowest BCUT2D eigenvalue weighted by atomic mass is 10.0. The molecular formula is C28H28N2O4. The SMILES string of the molecule is CCCOc1ccc(C2=C(Nc3ccccc3OC)C(=O)N(c3cccc(C)c3C)C2=O)cc1. The van der Waals surface area contributed by atoms with E-state index in [1.807, 2.05) is 75.4 Å². The number of aryl methyl sites for hydroxylation is 1. The predicted molar refractivity (Wildman–Crippen MR) is 134 cm³/mol.